The molecule has 0 unspecified atom stereocenters. The molecule has 0 bridgehead atoms. The average molecular weight is 266 g/mol. The predicted molar refractivity (Wildman–Crippen MR) is 73.2 cm³/mol. The molecule has 2 N–H and O–H groups in total. The van der Waals surface area contributed by atoms with Gasteiger partial charge in [-0.1, -0.05) is 0 Å². The molecule has 0 atom stereocenters. The second-order valence-electron chi connectivity index (χ2n) is 4.56. The van der Waals surface area contributed by atoms with Crippen LogP contribution in [-0.2, 0) is 11.3 Å². The lowest BCUT2D eigenvalue weighted by molar-refractivity contribution is 0.0818. The molecule has 1 fully saturated rings. The Hall–Kier alpha value is -1.11. The summed E-state index contributed by atoms with van der Waals surface area (Å²) in [4.78, 5) is 8.06. The van der Waals surface area contributed by atoms with E-state index in [0.29, 0.717) is 12.6 Å². The number of aromatic nitrogens is 2. The van der Waals surface area contributed by atoms with E-state index in [9.17, 15) is 0 Å². The third-order valence-corrected chi connectivity index (χ3v) is 4.36. The second kappa shape index (κ2) is 4.87. The van der Waals surface area contributed by atoms with Gasteiger partial charge in [0, 0.05) is 38.3 Å². The van der Waals surface area contributed by atoms with E-state index >= 15 is 0 Å². The predicted octanol–water partition coefficient (Wildman–Crippen LogP) is 1.47. The van der Waals surface area contributed by atoms with Crippen molar-refractivity contribution in [2.75, 3.05) is 25.1 Å². The van der Waals surface area contributed by atoms with Gasteiger partial charge in [-0.25, -0.2) is 4.98 Å². The highest BCUT2D eigenvalue weighted by Gasteiger charge is 2.23. The number of hydrogen-bond acceptors (Lipinski definition) is 5. The molecular weight excluding hydrogens is 248 g/mol. The van der Waals surface area contributed by atoms with Gasteiger partial charge < -0.3 is 15.4 Å². The van der Waals surface area contributed by atoms with Gasteiger partial charge in [-0.3, -0.25) is 4.40 Å². The Bertz CT molecular complexity index is 527. The number of nitrogens with two attached hydrogens (primary N) is 1. The van der Waals surface area contributed by atoms with E-state index in [1.807, 2.05) is 11.6 Å². The maximum atomic E-state index is 5.87. The molecule has 2 aromatic heterocycles. The Morgan fingerprint density at radius 3 is 2.94 bits per heavy atom. The van der Waals surface area contributed by atoms with Crippen molar-refractivity contribution in [2.45, 2.75) is 25.5 Å². The molecule has 0 radical (unpaired) electrons. The molecule has 6 heteroatoms. The molecule has 98 valence electrons. The van der Waals surface area contributed by atoms with Crippen LogP contribution in [0.25, 0.3) is 4.96 Å². The summed E-state index contributed by atoms with van der Waals surface area (Å²) in [7, 11) is 1.79. The molecule has 0 spiro atoms. The fourth-order valence-electron chi connectivity index (χ4n) is 2.57. The van der Waals surface area contributed by atoms with Crippen molar-refractivity contribution >= 4 is 22.1 Å². The van der Waals surface area contributed by atoms with Gasteiger partial charge in [0.2, 0.25) is 0 Å². The zero-order chi connectivity index (χ0) is 12.5. The van der Waals surface area contributed by atoms with Crippen LogP contribution in [0.3, 0.4) is 0 Å². The van der Waals surface area contributed by atoms with E-state index in [1.54, 1.807) is 18.4 Å². The fourth-order valence-corrected chi connectivity index (χ4v) is 3.30. The fraction of sp³-hybridized carbons (Fsp3) is 0.583. The summed E-state index contributed by atoms with van der Waals surface area (Å²) in [5, 5.41) is 2.04. The Morgan fingerprint density at radius 2 is 2.28 bits per heavy atom. The highest BCUT2D eigenvalue weighted by atomic mass is 32.1. The minimum absolute atomic E-state index is 0.395. The maximum Gasteiger partial charge on any atom is 0.195 e. The first kappa shape index (κ1) is 12.0. The highest BCUT2D eigenvalue weighted by Crippen LogP contribution is 2.27. The number of rotatable bonds is 3. The van der Waals surface area contributed by atoms with E-state index in [1.165, 1.54) is 0 Å². The first-order valence-corrected chi connectivity index (χ1v) is 7.13. The van der Waals surface area contributed by atoms with Crippen molar-refractivity contribution < 1.29 is 4.74 Å². The number of hydrogen-bond donors (Lipinski definition) is 1. The van der Waals surface area contributed by atoms with E-state index in [0.717, 1.165) is 42.4 Å². The number of nitrogens with zero attached hydrogens (tertiary/aromatic N) is 3. The third-order valence-electron chi connectivity index (χ3n) is 3.61. The largest absolute Gasteiger partial charge is 0.381 e. The Balaban J connectivity index is 1.87. The summed E-state index contributed by atoms with van der Waals surface area (Å²) in [5.74, 6) is 1.05. The van der Waals surface area contributed by atoms with Crippen LogP contribution in [0.4, 0.5) is 5.82 Å². The number of thiazole rings is 1. The van der Waals surface area contributed by atoms with Gasteiger partial charge in [0.15, 0.2) is 10.8 Å². The van der Waals surface area contributed by atoms with Gasteiger partial charge in [-0.05, 0) is 12.8 Å². The van der Waals surface area contributed by atoms with Crippen LogP contribution in [0.15, 0.2) is 11.6 Å². The van der Waals surface area contributed by atoms with Gasteiger partial charge in [0.25, 0.3) is 0 Å². The minimum Gasteiger partial charge on any atom is -0.381 e. The SMILES string of the molecule is COC1CCN(c2nc3sccn3c2CN)CC1. The van der Waals surface area contributed by atoms with Gasteiger partial charge in [0.1, 0.15) is 0 Å². The first-order valence-electron chi connectivity index (χ1n) is 6.25. The number of piperidine rings is 1. The van der Waals surface area contributed by atoms with Crippen LogP contribution in [0.1, 0.15) is 18.5 Å². The smallest absolute Gasteiger partial charge is 0.195 e. The molecule has 1 aliphatic rings. The molecule has 18 heavy (non-hydrogen) atoms. The zero-order valence-corrected chi connectivity index (χ0v) is 11.3. The van der Waals surface area contributed by atoms with Gasteiger partial charge in [-0.15, -0.1) is 11.3 Å². The molecule has 0 saturated carbocycles. The van der Waals surface area contributed by atoms with Gasteiger partial charge >= 0.3 is 0 Å². The van der Waals surface area contributed by atoms with Gasteiger partial charge in [-0.2, -0.15) is 0 Å². The van der Waals surface area contributed by atoms with E-state index in [2.05, 4.69) is 9.30 Å². The Morgan fingerprint density at radius 1 is 1.50 bits per heavy atom. The molecule has 5 nitrogen and oxygen atoms in total. The monoisotopic (exact) mass is 266 g/mol. The van der Waals surface area contributed by atoms with Crippen molar-refractivity contribution in [2.24, 2.45) is 5.73 Å². The van der Waals surface area contributed by atoms with Crippen LogP contribution in [0, 0.1) is 0 Å². The molecule has 1 aliphatic heterocycles. The topological polar surface area (TPSA) is 55.8 Å². The van der Waals surface area contributed by atoms with Crippen LogP contribution >= 0.6 is 11.3 Å². The van der Waals surface area contributed by atoms with Crippen molar-refractivity contribution in [3.63, 3.8) is 0 Å². The van der Waals surface area contributed by atoms with Crippen LogP contribution < -0.4 is 10.6 Å². The Labute approximate surface area is 110 Å². The molecular formula is C12H18N4OS. The third kappa shape index (κ3) is 1.90. The molecule has 3 rings (SSSR count). The van der Waals surface area contributed by atoms with E-state index < -0.39 is 0 Å². The normalized spacial score (nSPS) is 17.8. The number of methoxy groups -OCH3 is 1. The average Bonchev–Trinajstić information content (AvgIpc) is 2.98. The van der Waals surface area contributed by atoms with E-state index in [-0.39, 0.29) is 0 Å². The van der Waals surface area contributed by atoms with Crippen molar-refractivity contribution in [3.8, 4) is 0 Å². The van der Waals surface area contributed by atoms with E-state index in [4.69, 9.17) is 15.5 Å². The van der Waals surface area contributed by atoms with Crippen LogP contribution in [-0.4, -0.2) is 35.7 Å². The Kier molecular flexibility index (Phi) is 3.23. The highest BCUT2D eigenvalue weighted by molar-refractivity contribution is 7.15. The minimum atomic E-state index is 0.395. The summed E-state index contributed by atoms with van der Waals surface area (Å²) in [6.07, 6.45) is 4.56. The summed E-state index contributed by atoms with van der Waals surface area (Å²) < 4.78 is 7.50. The van der Waals surface area contributed by atoms with Crippen molar-refractivity contribution in [1.82, 2.24) is 9.38 Å². The molecule has 3 heterocycles. The first-order chi connectivity index (χ1) is 8.83. The molecule has 2 aromatic rings. The number of fused-ring (bicyclic) bond motifs is 1. The van der Waals surface area contributed by atoms with Gasteiger partial charge in [0.05, 0.1) is 11.8 Å². The van der Waals surface area contributed by atoms with Crippen molar-refractivity contribution in [3.05, 3.63) is 17.3 Å². The lowest BCUT2D eigenvalue weighted by atomic mass is 10.1. The number of ether oxygens (including phenoxy) is 1. The van der Waals surface area contributed by atoms with Crippen molar-refractivity contribution in [1.29, 1.82) is 0 Å². The van der Waals surface area contributed by atoms with Crippen LogP contribution in [0.2, 0.25) is 0 Å². The standard InChI is InChI=1S/C12H18N4OS/c1-17-9-2-4-15(5-3-9)11-10(8-13)16-6-7-18-12(16)14-11/h6-7,9H,2-5,8,13H2,1H3. The molecule has 1 saturated heterocycles. The summed E-state index contributed by atoms with van der Waals surface area (Å²) in [6.45, 7) is 2.52. The molecule has 0 amide bonds. The summed E-state index contributed by atoms with van der Waals surface area (Å²) in [5.41, 5.74) is 6.99. The number of imidazole rings is 1. The molecule has 0 aliphatic carbocycles. The quantitative estimate of drug-likeness (QED) is 0.914. The molecule has 0 aromatic carbocycles. The number of anilines is 1. The second-order valence-corrected chi connectivity index (χ2v) is 5.44. The lowest BCUT2D eigenvalue weighted by Gasteiger charge is -2.31. The van der Waals surface area contributed by atoms with Crippen LogP contribution in [0.5, 0.6) is 0 Å². The zero-order valence-electron chi connectivity index (χ0n) is 10.5. The summed E-state index contributed by atoms with van der Waals surface area (Å²) in [6, 6.07) is 0. The summed E-state index contributed by atoms with van der Waals surface area (Å²) >= 11 is 1.65. The lowest BCUT2D eigenvalue weighted by Crippen LogP contribution is -2.37. The maximum absolute atomic E-state index is 5.87.